The molecule has 0 atom stereocenters. The Hall–Kier alpha value is -1.49. The standard InChI is InChI=1S/C14H24N4O/c1-5-6-15-7-8-16-14(19)12-9-17-11(4)18-13(12)10(2)3/h9-10,15H,5-8H2,1-4H3,(H,16,19). The van der Waals surface area contributed by atoms with Crippen LogP contribution in [0.4, 0.5) is 0 Å². The summed E-state index contributed by atoms with van der Waals surface area (Å²) < 4.78 is 0. The highest BCUT2D eigenvalue weighted by atomic mass is 16.1. The van der Waals surface area contributed by atoms with E-state index >= 15 is 0 Å². The van der Waals surface area contributed by atoms with Crippen molar-refractivity contribution in [1.29, 1.82) is 0 Å². The van der Waals surface area contributed by atoms with Gasteiger partial charge in [0, 0.05) is 19.3 Å². The van der Waals surface area contributed by atoms with E-state index in [9.17, 15) is 4.79 Å². The van der Waals surface area contributed by atoms with Crippen LogP contribution in [-0.2, 0) is 0 Å². The highest BCUT2D eigenvalue weighted by Gasteiger charge is 2.15. The molecule has 2 N–H and O–H groups in total. The van der Waals surface area contributed by atoms with Gasteiger partial charge >= 0.3 is 0 Å². The molecule has 5 nitrogen and oxygen atoms in total. The maximum absolute atomic E-state index is 12.1. The van der Waals surface area contributed by atoms with Crippen molar-refractivity contribution in [2.24, 2.45) is 0 Å². The monoisotopic (exact) mass is 264 g/mol. The molecular formula is C14H24N4O. The fourth-order valence-electron chi connectivity index (χ4n) is 1.76. The van der Waals surface area contributed by atoms with Crippen LogP contribution in [0.25, 0.3) is 0 Å². The molecule has 0 fully saturated rings. The van der Waals surface area contributed by atoms with Gasteiger partial charge in [0.2, 0.25) is 0 Å². The second kappa shape index (κ2) is 7.84. The van der Waals surface area contributed by atoms with Crippen molar-refractivity contribution in [2.75, 3.05) is 19.6 Å². The van der Waals surface area contributed by atoms with Crippen LogP contribution in [0.2, 0.25) is 0 Å². The summed E-state index contributed by atoms with van der Waals surface area (Å²) in [4.78, 5) is 20.6. The van der Waals surface area contributed by atoms with Crippen molar-refractivity contribution in [3.8, 4) is 0 Å². The van der Waals surface area contributed by atoms with Gasteiger partial charge in [0.15, 0.2) is 0 Å². The Kier molecular flexibility index (Phi) is 6.42. The summed E-state index contributed by atoms with van der Waals surface area (Å²) >= 11 is 0. The van der Waals surface area contributed by atoms with Crippen molar-refractivity contribution >= 4 is 5.91 Å². The highest BCUT2D eigenvalue weighted by molar-refractivity contribution is 5.95. The topological polar surface area (TPSA) is 66.9 Å². The van der Waals surface area contributed by atoms with Crippen molar-refractivity contribution in [3.05, 3.63) is 23.3 Å². The Bertz CT molecular complexity index is 418. The average molecular weight is 264 g/mol. The number of hydrogen-bond donors (Lipinski definition) is 2. The number of nitrogens with zero attached hydrogens (tertiary/aromatic N) is 2. The van der Waals surface area contributed by atoms with Gasteiger partial charge in [-0.05, 0) is 25.8 Å². The van der Waals surface area contributed by atoms with E-state index in [0.717, 1.165) is 25.2 Å². The maximum atomic E-state index is 12.1. The molecule has 1 rings (SSSR count). The first kappa shape index (κ1) is 15.6. The van der Waals surface area contributed by atoms with Crippen LogP contribution in [0.3, 0.4) is 0 Å². The van der Waals surface area contributed by atoms with Gasteiger partial charge in [-0.25, -0.2) is 9.97 Å². The molecule has 0 aliphatic carbocycles. The third-order valence-corrected chi connectivity index (χ3v) is 2.74. The van der Waals surface area contributed by atoms with Crippen LogP contribution in [-0.4, -0.2) is 35.5 Å². The predicted molar refractivity (Wildman–Crippen MR) is 76.4 cm³/mol. The number of hydrogen-bond acceptors (Lipinski definition) is 4. The molecule has 0 unspecified atom stereocenters. The predicted octanol–water partition coefficient (Wildman–Crippen LogP) is 1.64. The number of carbonyl (C=O) groups is 1. The molecule has 0 aromatic carbocycles. The van der Waals surface area contributed by atoms with Crippen LogP contribution < -0.4 is 10.6 Å². The molecule has 0 saturated carbocycles. The van der Waals surface area contributed by atoms with E-state index < -0.39 is 0 Å². The molecule has 1 aromatic heterocycles. The third-order valence-electron chi connectivity index (χ3n) is 2.74. The Morgan fingerprint density at radius 2 is 2.05 bits per heavy atom. The normalized spacial score (nSPS) is 10.8. The molecule has 0 spiro atoms. The second-order valence-corrected chi connectivity index (χ2v) is 4.88. The van der Waals surface area contributed by atoms with Crippen molar-refractivity contribution in [2.45, 2.75) is 40.0 Å². The van der Waals surface area contributed by atoms with Gasteiger partial charge in [0.1, 0.15) is 5.82 Å². The van der Waals surface area contributed by atoms with Crippen LogP contribution in [0.15, 0.2) is 6.20 Å². The Labute approximate surface area is 115 Å². The molecule has 0 saturated heterocycles. The Balaban J connectivity index is 2.61. The molecule has 1 aromatic rings. The number of aryl methyl sites for hydroxylation is 1. The summed E-state index contributed by atoms with van der Waals surface area (Å²) in [6.07, 6.45) is 2.71. The second-order valence-electron chi connectivity index (χ2n) is 4.88. The van der Waals surface area contributed by atoms with Gasteiger partial charge in [-0.3, -0.25) is 4.79 Å². The summed E-state index contributed by atoms with van der Waals surface area (Å²) in [5, 5.41) is 6.13. The molecule has 0 bridgehead atoms. The van der Waals surface area contributed by atoms with Gasteiger partial charge < -0.3 is 10.6 Å². The minimum absolute atomic E-state index is 0.0954. The molecule has 1 amide bonds. The Morgan fingerprint density at radius 3 is 2.68 bits per heavy atom. The zero-order valence-corrected chi connectivity index (χ0v) is 12.3. The first-order chi connectivity index (χ1) is 9.06. The van der Waals surface area contributed by atoms with Gasteiger partial charge in [0.05, 0.1) is 11.3 Å². The van der Waals surface area contributed by atoms with Gasteiger partial charge in [0.25, 0.3) is 5.91 Å². The van der Waals surface area contributed by atoms with E-state index in [4.69, 9.17) is 0 Å². The van der Waals surface area contributed by atoms with E-state index in [-0.39, 0.29) is 11.8 Å². The first-order valence-electron chi connectivity index (χ1n) is 6.88. The summed E-state index contributed by atoms with van der Waals surface area (Å²) in [5.74, 6) is 0.813. The summed E-state index contributed by atoms with van der Waals surface area (Å²) in [6, 6.07) is 0. The number of amides is 1. The van der Waals surface area contributed by atoms with E-state index in [1.54, 1.807) is 6.20 Å². The van der Waals surface area contributed by atoms with Crippen molar-refractivity contribution in [3.63, 3.8) is 0 Å². The zero-order valence-electron chi connectivity index (χ0n) is 12.3. The molecule has 5 heteroatoms. The summed E-state index contributed by atoms with van der Waals surface area (Å²) in [6.45, 7) is 10.4. The van der Waals surface area contributed by atoms with Crippen molar-refractivity contribution in [1.82, 2.24) is 20.6 Å². The minimum Gasteiger partial charge on any atom is -0.351 e. The average Bonchev–Trinajstić information content (AvgIpc) is 2.38. The van der Waals surface area contributed by atoms with Crippen LogP contribution in [0.5, 0.6) is 0 Å². The fourth-order valence-corrected chi connectivity index (χ4v) is 1.76. The number of carbonyl (C=O) groups excluding carboxylic acids is 1. The maximum Gasteiger partial charge on any atom is 0.254 e. The van der Waals surface area contributed by atoms with E-state index in [1.807, 2.05) is 20.8 Å². The molecule has 0 aliphatic rings. The van der Waals surface area contributed by atoms with Gasteiger partial charge in [-0.2, -0.15) is 0 Å². The number of nitrogens with one attached hydrogen (secondary N) is 2. The fraction of sp³-hybridized carbons (Fsp3) is 0.643. The van der Waals surface area contributed by atoms with Crippen LogP contribution >= 0.6 is 0 Å². The van der Waals surface area contributed by atoms with Crippen molar-refractivity contribution < 1.29 is 4.79 Å². The lowest BCUT2D eigenvalue weighted by atomic mass is 10.0. The van der Waals surface area contributed by atoms with E-state index in [0.29, 0.717) is 17.9 Å². The molecule has 0 aliphatic heterocycles. The smallest absolute Gasteiger partial charge is 0.254 e. The lowest BCUT2D eigenvalue weighted by Gasteiger charge is -2.12. The lowest BCUT2D eigenvalue weighted by molar-refractivity contribution is 0.0951. The van der Waals surface area contributed by atoms with Crippen LogP contribution in [0.1, 0.15) is 55.0 Å². The minimum atomic E-state index is -0.0954. The third kappa shape index (κ3) is 4.95. The zero-order chi connectivity index (χ0) is 14.3. The quantitative estimate of drug-likeness (QED) is 0.735. The van der Waals surface area contributed by atoms with Gasteiger partial charge in [-0.1, -0.05) is 20.8 Å². The first-order valence-corrected chi connectivity index (χ1v) is 6.88. The Morgan fingerprint density at radius 1 is 1.32 bits per heavy atom. The highest BCUT2D eigenvalue weighted by Crippen LogP contribution is 2.16. The molecule has 0 radical (unpaired) electrons. The van der Waals surface area contributed by atoms with Crippen LogP contribution in [0, 0.1) is 6.92 Å². The van der Waals surface area contributed by atoms with Gasteiger partial charge in [-0.15, -0.1) is 0 Å². The SMILES string of the molecule is CCCNCCNC(=O)c1cnc(C)nc1C(C)C. The number of aromatic nitrogens is 2. The largest absolute Gasteiger partial charge is 0.351 e. The summed E-state index contributed by atoms with van der Waals surface area (Å²) in [7, 11) is 0. The molecule has 19 heavy (non-hydrogen) atoms. The van der Waals surface area contributed by atoms with E-state index in [1.165, 1.54) is 0 Å². The number of rotatable bonds is 7. The molecular weight excluding hydrogens is 240 g/mol. The summed E-state index contributed by atoms with van der Waals surface area (Å²) in [5.41, 5.74) is 1.39. The van der Waals surface area contributed by atoms with E-state index in [2.05, 4.69) is 27.5 Å². The molecule has 106 valence electrons. The lowest BCUT2D eigenvalue weighted by Crippen LogP contribution is -2.33. The molecule has 1 heterocycles.